The lowest BCUT2D eigenvalue weighted by molar-refractivity contribution is -0.145. The standard InChI is InChI=1S/C19H18F3NO4/c1-26-18(25)16(10-13-6-3-2-4-7-13)23-17(24)12-27-15-9-5-8-14(11-15)19(20,21)22/h2-9,11,16H,10,12H2,1H3,(H,23,24)/t16-/m0/s1. The molecule has 0 heterocycles. The Hall–Kier alpha value is -3.03. The van der Waals surface area contributed by atoms with Gasteiger partial charge in [-0.15, -0.1) is 0 Å². The van der Waals surface area contributed by atoms with Crippen molar-refractivity contribution in [3.8, 4) is 5.75 Å². The highest BCUT2D eigenvalue weighted by atomic mass is 19.4. The summed E-state index contributed by atoms with van der Waals surface area (Å²) in [4.78, 5) is 23.9. The van der Waals surface area contributed by atoms with E-state index in [1.165, 1.54) is 19.2 Å². The molecule has 0 unspecified atom stereocenters. The van der Waals surface area contributed by atoms with E-state index in [0.717, 1.165) is 17.7 Å². The van der Waals surface area contributed by atoms with Crippen LogP contribution in [0.1, 0.15) is 11.1 Å². The fraction of sp³-hybridized carbons (Fsp3) is 0.263. The summed E-state index contributed by atoms with van der Waals surface area (Å²) in [5.74, 6) is -1.39. The highest BCUT2D eigenvalue weighted by molar-refractivity contribution is 5.85. The van der Waals surface area contributed by atoms with Gasteiger partial charge in [0.1, 0.15) is 11.8 Å². The van der Waals surface area contributed by atoms with Crippen molar-refractivity contribution in [1.29, 1.82) is 0 Å². The van der Waals surface area contributed by atoms with Crippen LogP contribution in [-0.4, -0.2) is 31.6 Å². The number of nitrogens with one attached hydrogen (secondary N) is 1. The molecule has 0 fully saturated rings. The summed E-state index contributed by atoms with van der Waals surface area (Å²) < 4.78 is 47.8. The Kier molecular flexibility index (Phi) is 6.81. The predicted octanol–water partition coefficient (Wildman–Crippen LogP) is 2.98. The fourth-order valence-corrected chi connectivity index (χ4v) is 2.33. The van der Waals surface area contributed by atoms with Gasteiger partial charge in [-0.3, -0.25) is 4.79 Å². The van der Waals surface area contributed by atoms with Gasteiger partial charge in [-0.25, -0.2) is 4.79 Å². The van der Waals surface area contributed by atoms with Crippen LogP contribution in [0.15, 0.2) is 54.6 Å². The fourth-order valence-electron chi connectivity index (χ4n) is 2.33. The molecule has 1 atom stereocenters. The Morgan fingerprint density at radius 2 is 1.78 bits per heavy atom. The summed E-state index contributed by atoms with van der Waals surface area (Å²) in [6.07, 6.45) is -4.30. The van der Waals surface area contributed by atoms with Crippen molar-refractivity contribution in [3.05, 3.63) is 65.7 Å². The van der Waals surface area contributed by atoms with Gasteiger partial charge in [0.25, 0.3) is 5.91 Å². The quantitative estimate of drug-likeness (QED) is 0.749. The third kappa shape index (κ3) is 6.32. The zero-order valence-corrected chi connectivity index (χ0v) is 14.5. The molecule has 0 spiro atoms. The number of benzene rings is 2. The van der Waals surface area contributed by atoms with E-state index in [4.69, 9.17) is 4.74 Å². The molecule has 27 heavy (non-hydrogen) atoms. The number of hydrogen-bond donors (Lipinski definition) is 1. The molecule has 2 aromatic rings. The molecule has 0 aromatic heterocycles. The second-order valence-corrected chi connectivity index (χ2v) is 5.65. The molecular weight excluding hydrogens is 363 g/mol. The Morgan fingerprint density at radius 1 is 1.07 bits per heavy atom. The van der Waals surface area contributed by atoms with Gasteiger partial charge in [-0.2, -0.15) is 13.2 Å². The summed E-state index contributed by atoms with van der Waals surface area (Å²) in [5.41, 5.74) is -0.0658. The molecule has 0 bridgehead atoms. The maximum Gasteiger partial charge on any atom is 0.416 e. The zero-order chi connectivity index (χ0) is 19.9. The van der Waals surface area contributed by atoms with E-state index in [2.05, 4.69) is 10.1 Å². The normalized spacial score (nSPS) is 12.1. The van der Waals surface area contributed by atoms with Gasteiger partial charge in [-0.05, 0) is 23.8 Å². The van der Waals surface area contributed by atoms with Gasteiger partial charge >= 0.3 is 12.1 Å². The number of hydrogen-bond acceptors (Lipinski definition) is 4. The Morgan fingerprint density at radius 3 is 2.41 bits per heavy atom. The highest BCUT2D eigenvalue weighted by Crippen LogP contribution is 2.31. The number of methoxy groups -OCH3 is 1. The first-order valence-corrected chi connectivity index (χ1v) is 8.01. The molecule has 2 aromatic carbocycles. The van der Waals surface area contributed by atoms with Crippen LogP contribution < -0.4 is 10.1 Å². The van der Waals surface area contributed by atoms with E-state index in [-0.39, 0.29) is 12.2 Å². The molecule has 1 amide bonds. The van der Waals surface area contributed by atoms with Crippen LogP contribution in [0.3, 0.4) is 0 Å². The largest absolute Gasteiger partial charge is 0.484 e. The van der Waals surface area contributed by atoms with Crippen molar-refractivity contribution < 1.29 is 32.2 Å². The van der Waals surface area contributed by atoms with Gasteiger partial charge in [0.05, 0.1) is 12.7 Å². The molecule has 144 valence electrons. The third-order valence-corrected chi connectivity index (χ3v) is 3.63. The molecule has 0 radical (unpaired) electrons. The molecule has 0 aliphatic heterocycles. The minimum absolute atomic E-state index is 0.0994. The monoisotopic (exact) mass is 381 g/mol. The molecule has 8 heteroatoms. The first-order valence-electron chi connectivity index (χ1n) is 8.01. The summed E-state index contributed by atoms with van der Waals surface area (Å²) >= 11 is 0. The second kappa shape index (κ2) is 9.07. The van der Waals surface area contributed by atoms with Crippen molar-refractivity contribution in [2.45, 2.75) is 18.6 Å². The molecule has 2 rings (SSSR count). The Bertz CT molecular complexity index is 778. The number of esters is 1. The minimum Gasteiger partial charge on any atom is -0.484 e. The van der Waals surface area contributed by atoms with Crippen LogP contribution in [0.25, 0.3) is 0 Å². The molecular formula is C19H18F3NO4. The van der Waals surface area contributed by atoms with Gasteiger partial charge in [0, 0.05) is 6.42 Å². The van der Waals surface area contributed by atoms with Gasteiger partial charge in [-0.1, -0.05) is 36.4 Å². The third-order valence-electron chi connectivity index (χ3n) is 3.63. The van der Waals surface area contributed by atoms with E-state index >= 15 is 0 Å². The number of alkyl halides is 3. The second-order valence-electron chi connectivity index (χ2n) is 5.65. The lowest BCUT2D eigenvalue weighted by Gasteiger charge is -2.17. The molecule has 0 aliphatic carbocycles. The van der Waals surface area contributed by atoms with Gasteiger partial charge in [0.15, 0.2) is 6.61 Å². The van der Waals surface area contributed by atoms with Crippen molar-refractivity contribution in [2.75, 3.05) is 13.7 Å². The van der Waals surface area contributed by atoms with E-state index in [1.54, 1.807) is 24.3 Å². The average molecular weight is 381 g/mol. The lowest BCUT2D eigenvalue weighted by Crippen LogP contribution is -2.44. The van der Waals surface area contributed by atoms with Gasteiger partial charge in [0.2, 0.25) is 0 Å². The number of rotatable bonds is 7. The molecule has 0 saturated carbocycles. The van der Waals surface area contributed by atoms with Crippen molar-refractivity contribution in [2.24, 2.45) is 0 Å². The van der Waals surface area contributed by atoms with Crippen molar-refractivity contribution >= 4 is 11.9 Å². The van der Waals surface area contributed by atoms with E-state index in [9.17, 15) is 22.8 Å². The topological polar surface area (TPSA) is 64.6 Å². The van der Waals surface area contributed by atoms with Crippen LogP contribution in [0.4, 0.5) is 13.2 Å². The van der Waals surface area contributed by atoms with E-state index < -0.39 is 36.3 Å². The van der Waals surface area contributed by atoms with Crippen LogP contribution in [0.2, 0.25) is 0 Å². The molecule has 5 nitrogen and oxygen atoms in total. The molecule has 0 saturated heterocycles. The summed E-state index contributed by atoms with van der Waals surface area (Å²) in [7, 11) is 1.20. The maximum absolute atomic E-state index is 12.7. The Balaban J connectivity index is 1.96. The van der Waals surface area contributed by atoms with Crippen LogP contribution in [0, 0.1) is 0 Å². The highest BCUT2D eigenvalue weighted by Gasteiger charge is 2.30. The molecule has 1 N–H and O–H groups in total. The summed E-state index contributed by atoms with van der Waals surface area (Å²) in [6.45, 7) is -0.538. The van der Waals surface area contributed by atoms with Crippen LogP contribution in [-0.2, 0) is 26.9 Å². The number of carbonyl (C=O) groups is 2. The van der Waals surface area contributed by atoms with E-state index in [0.29, 0.717) is 0 Å². The summed E-state index contributed by atoms with van der Waals surface area (Å²) in [6, 6.07) is 12.3. The summed E-state index contributed by atoms with van der Waals surface area (Å²) in [5, 5.41) is 2.47. The lowest BCUT2D eigenvalue weighted by atomic mass is 10.1. The van der Waals surface area contributed by atoms with E-state index in [1.807, 2.05) is 6.07 Å². The zero-order valence-electron chi connectivity index (χ0n) is 14.5. The number of halogens is 3. The average Bonchev–Trinajstić information content (AvgIpc) is 2.65. The van der Waals surface area contributed by atoms with Crippen molar-refractivity contribution in [3.63, 3.8) is 0 Å². The predicted molar refractivity (Wildman–Crippen MR) is 91.0 cm³/mol. The number of amides is 1. The number of ether oxygens (including phenoxy) is 2. The first kappa shape index (κ1) is 20.3. The Labute approximate surface area is 154 Å². The maximum atomic E-state index is 12.7. The first-order chi connectivity index (χ1) is 12.8. The smallest absolute Gasteiger partial charge is 0.416 e. The van der Waals surface area contributed by atoms with Crippen LogP contribution in [0.5, 0.6) is 5.75 Å². The van der Waals surface area contributed by atoms with Gasteiger partial charge < -0.3 is 14.8 Å². The van der Waals surface area contributed by atoms with Crippen LogP contribution >= 0.6 is 0 Å². The minimum atomic E-state index is -4.51. The SMILES string of the molecule is COC(=O)[C@H](Cc1ccccc1)NC(=O)COc1cccc(C(F)(F)F)c1. The number of carbonyl (C=O) groups excluding carboxylic acids is 2. The molecule has 0 aliphatic rings. The van der Waals surface area contributed by atoms with Crippen molar-refractivity contribution in [1.82, 2.24) is 5.32 Å².